The average Bonchev–Trinajstić information content (AvgIpc) is 2.98. The summed E-state index contributed by atoms with van der Waals surface area (Å²) >= 11 is 0. The Bertz CT molecular complexity index is 601. The van der Waals surface area contributed by atoms with Crippen molar-refractivity contribution in [2.24, 2.45) is 0 Å². The van der Waals surface area contributed by atoms with Crippen molar-refractivity contribution in [3.63, 3.8) is 0 Å². The van der Waals surface area contributed by atoms with Crippen LogP contribution in [0.5, 0.6) is 0 Å². The van der Waals surface area contributed by atoms with E-state index in [1.54, 1.807) is 10.9 Å². The zero-order chi connectivity index (χ0) is 15.5. The summed E-state index contributed by atoms with van der Waals surface area (Å²) < 4.78 is 7.49. The molecule has 3 atom stereocenters. The molecular formula is C15H21N5O2. The first-order chi connectivity index (χ1) is 10.6. The lowest BCUT2D eigenvalue weighted by Crippen LogP contribution is -2.49. The van der Waals surface area contributed by atoms with E-state index < -0.39 is 6.10 Å². The summed E-state index contributed by atoms with van der Waals surface area (Å²) in [5.74, 6) is 0. The van der Waals surface area contributed by atoms with Crippen LogP contribution in [0.2, 0.25) is 0 Å². The first-order valence-electron chi connectivity index (χ1n) is 7.41. The Kier molecular flexibility index (Phi) is 4.47. The number of aliphatic hydroxyl groups is 1. The van der Waals surface area contributed by atoms with E-state index in [2.05, 4.69) is 15.3 Å². The predicted molar refractivity (Wildman–Crippen MR) is 81.1 cm³/mol. The summed E-state index contributed by atoms with van der Waals surface area (Å²) in [5, 5.41) is 18.3. The summed E-state index contributed by atoms with van der Waals surface area (Å²) in [7, 11) is 3.95. The van der Waals surface area contributed by atoms with Gasteiger partial charge < -0.3 is 14.7 Å². The van der Waals surface area contributed by atoms with Crippen LogP contribution in [0.3, 0.4) is 0 Å². The Morgan fingerprint density at radius 2 is 2.23 bits per heavy atom. The van der Waals surface area contributed by atoms with Crippen molar-refractivity contribution in [2.45, 2.75) is 31.2 Å². The highest BCUT2D eigenvalue weighted by Crippen LogP contribution is 2.20. The fraction of sp³-hybridized carbons (Fsp3) is 0.533. The Labute approximate surface area is 129 Å². The fourth-order valence-electron chi connectivity index (χ4n) is 2.75. The molecule has 2 aromatic heterocycles. The maximum atomic E-state index is 9.97. The molecule has 3 rings (SSSR count). The van der Waals surface area contributed by atoms with Gasteiger partial charge in [0, 0.05) is 12.2 Å². The van der Waals surface area contributed by atoms with Gasteiger partial charge in [-0.15, -0.1) is 5.10 Å². The summed E-state index contributed by atoms with van der Waals surface area (Å²) in [6.45, 7) is 0.978. The molecule has 0 aromatic carbocycles. The molecule has 1 saturated heterocycles. The zero-order valence-electron chi connectivity index (χ0n) is 12.8. The average molecular weight is 303 g/mol. The van der Waals surface area contributed by atoms with Crippen molar-refractivity contribution in [1.29, 1.82) is 0 Å². The van der Waals surface area contributed by atoms with Gasteiger partial charge in [-0.1, -0.05) is 11.3 Å². The molecule has 0 bridgehead atoms. The van der Waals surface area contributed by atoms with E-state index in [1.807, 2.05) is 43.4 Å². The van der Waals surface area contributed by atoms with E-state index in [4.69, 9.17) is 4.74 Å². The van der Waals surface area contributed by atoms with Crippen LogP contribution >= 0.6 is 0 Å². The topological polar surface area (TPSA) is 76.3 Å². The van der Waals surface area contributed by atoms with Crippen LogP contribution in [0.15, 0.2) is 30.6 Å². The summed E-state index contributed by atoms with van der Waals surface area (Å²) in [6, 6.07) is 5.81. The molecule has 1 N–H and O–H groups in total. The Morgan fingerprint density at radius 3 is 2.95 bits per heavy atom. The molecule has 2 unspecified atom stereocenters. The third-order valence-electron chi connectivity index (χ3n) is 3.97. The molecule has 7 nitrogen and oxygen atoms in total. The van der Waals surface area contributed by atoms with Gasteiger partial charge in [0.05, 0.1) is 37.3 Å². The number of rotatable bonds is 4. The van der Waals surface area contributed by atoms with Gasteiger partial charge in [0.15, 0.2) is 0 Å². The monoisotopic (exact) mass is 303 g/mol. The summed E-state index contributed by atoms with van der Waals surface area (Å²) in [4.78, 5) is 6.31. The molecule has 0 aliphatic carbocycles. The molecule has 3 heterocycles. The molecule has 0 amide bonds. The van der Waals surface area contributed by atoms with E-state index >= 15 is 0 Å². The number of nitrogens with zero attached hydrogens (tertiary/aromatic N) is 5. The number of pyridine rings is 1. The Morgan fingerprint density at radius 1 is 1.36 bits per heavy atom. The van der Waals surface area contributed by atoms with Gasteiger partial charge in [0.2, 0.25) is 0 Å². The van der Waals surface area contributed by atoms with Crippen molar-refractivity contribution < 1.29 is 9.84 Å². The van der Waals surface area contributed by atoms with E-state index in [0.717, 1.165) is 17.8 Å². The fourth-order valence-corrected chi connectivity index (χ4v) is 2.75. The molecule has 1 aliphatic heterocycles. The van der Waals surface area contributed by atoms with Crippen LogP contribution in [-0.2, 0) is 11.3 Å². The smallest absolute Gasteiger partial charge is 0.131 e. The maximum Gasteiger partial charge on any atom is 0.131 e. The molecule has 22 heavy (non-hydrogen) atoms. The van der Waals surface area contributed by atoms with Crippen molar-refractivity contribution in [2.75, 3.05) is 20.7 Å². The summed E-state index contributed by atoms with van der Waals surface area (Å²) in [5.41, 5.74) is 1.56. The van der Waals surface area contributed by atoms with Crippen molar-refractivity contribution >= 4 is 0 Å². The van der Waals surface area contributed by atoms with Crippen LogP contribution in [0, 0.1) is 0 Å². The number of likely N-dealkylation sites (N-methyl/N-ethyl adjacent to an activating group) is 1. The second-order valence-corrected chi connectivity index (χ2v) is 5.83. The standard InChI is InChI=1S/C15H21N5O2/c1-19(2)14-7-11(22-10-15(14)21)8-20-9-13(17-18-20)12-5-3-4-6-16-12/h3-6,9,11,14-15,21H,7-8,10H2,1-2H3/t11-,14?,15?/m0/s1. The highest BCUT2D eigenvalue weighted by Gasteiger charge is 2.31. The molecule has 1 fully saturated rings. The van der Waals surface area contributed by atoms with Gasteiger partial charge in [-0.05, 0) is 32.6 Å². The molecule has 0 radical (unpaired) electrons. The SMILES string of the molecule is CN(C)C1C[C@@H](Cn2cc(-c3ccccn3)nn2)OCC1O. The van der Waals surface area contributed by atoms with E-state index in [9.17, 15) is 5.11 Å². The number of hydrogen-bond acceptors (Lipinski definition) is 6. The lowest BCUT2D eigenvalue weighted by Gasteiger charge is -2.37. The van der Waals surface area contributed by atoms with E-state index in [-0.39, 0.29) is 12.1 Å². The maximum absolute atomic E-state index is 9.97. The number of hydrogen-bond donors (Lipinski definition) is 1. The Hall–Kier alpha value is -1.83. The molecule has 118 valence electrons. The lowest BCUT2D eigenvalue weighted by molar-refractivity contribution is -0.0994. The normalized spacial score (nSPS) is 25.5. The minimum Gasteiger partial charge on any atom is -0.389 e. The van der Waals surface area contributed by atoms with Gasteiger partial charge in [-0.3, -0.25) is 4.98 Å². The molecule has 0 saturated carbocycles. The van der Waals surface area contributed by atoms with Gasteiger partial charge in [-0.2, -0.15) is 0 Å². The summed E-state index contributed by atoms with van der Waals surface area (Å²) in [6.07, 6.45) is 3.97. The molecule has 0 spiro atoms. The van der Waals surface area contributed by atoms with Crippen molar-refractivity contribution in [3.05, 3.63) is 30.6 Å². The van der Waals surface area contributed by atoms with Gasteiger partial charge in [-0.25, -0.2) is 4.68 Å². The number of ether oxygens (including phenoxy) is 1. The first-order valence-corrected chi connectivity index (χ1v) is 7.41. The quantitative estimate of drug-likeness (QED) is 0.882. The largest absolute Gasteiger partial charge is 0.389 e. The van der Waals surface area contributed by atoms with Gasteiger partial charge in [0.25, 0.3) is 0 Å². The zero-order valence-corrected chi connectivity index (χ0v) is 12.8. The van der Waals surface area contributed by atoms with Crippen LogP contribution in [0.1, 0.15) is 6.42 Å². The number of aliphatic hydroxyl groups excluding tert-OH is 1. The van der Waals surface area contributed by atoms with Gasteiger partial charge >= 0.3 is 0 Å². The minimum atomic E-state index is -0.439. The third kappa shape index (κ3) is 3.32. The van der Waals surface area contributed by atoms with E-state index in [1.165, 1.54) is 0 Å². The minimum absolute atomic E-state index is 0.0223. The van der Waals surface area contributed by atoms with Crippen molar-refractivity contribution in [1.82, 2.24) is 24.9 Å². The van der Waals surface area contributed by atoms with Crippen LogP contribution in [0.4, 0.5) is 0 Å². The molecule has 2 aromatic rings. The second kappa shape index (κ2) is 6.51. The number of aromatic nitrogens is 4. The predicted octanol–water partition coefficient (Wildman–Crippen LogP) is 0.420. The van der Waals surface area contributed by atoms with Crippen LogP contribution in [0.25, 0.3) is 11.4 Å². The highest BCUT2D eigenvalue weighted by molar-refractivity contribution is 5.51. The molecule has 1 aliphatic rings. The second-order valence-electron chi connectivity index (χ2n) is 5.83. The van der Waals surface area contributed by atoms with Gasteiger partial charge in [0.1, 0.15) is 5.69 Å². The van der Waals surface area contributed by atoms with Crippen LogP contribution < -0.4 is 0 Å². The third-order valence-corrected chi connectivity index (χ3v) is 3.97. The molecular weight excluding hydrogens is 282 g/mol. The van der Waals surface area contributed by atoms with Crippen molar-refractivity contribution in [3.8, 4) is 11.4 Å². The molecule has 7 heteroatoms. The lowest BCUT2D eigenvalue weighted by atomic mass is 10.00. The highest BCUT2D eigenvalue weighted by atomic mass is 16.5. The van der Waals surface area contributed by atoms with Crippen LogP contribution in [-0.4, -0.2) is 68.9 Å². The Balaban J connectivity index is 1.65. The first kappa shape index (κ1) is 15.1. The van der Waals surface area contributed by atoms with E-state index in [0.29, 0.717) is 13.2 Å².